The quantitative estimate of drug-likeness (QED) is 0.504. The van der Waals surface area contributed by atoms with E-state index in [2.05, 4.69) is 11.9 Å². The average Bonchev–Trinajstić information content (AvgIpc) is 1.72. The minimum Gasteiger partial charge on any atom is -0.329 e. The number of alkyl halides is 1. The Morgan fingerprint density at radius 2 is 1.67 bits per heavy atom. The highest BCUT2D eigenvalue weighted by Gasteiger charge is 1.58. The number of halogens is 2. The molecule has 0 spiro atoms. The zero-order valence-electron chi connectivity index (χ0n) is 3.19. The first-order chi connectivity index (χ1) is 2.91. The van der Waals surface area contributed by atoms with Crippen LogP contribution < -0.4 is 5.73 Å². The molecule has 0 radical (unpaired) electrons. The van der Waals surface area contributed by atoms with E-state index in [4.69, 9.17) is 22.0 Å². The van der Waals surface area contributed by atoms with Crippen molar-refractivity contribution in [2.75, 3.05) is 12.4 Å². The number of nitrogens with two attached hydrogens (primary N) is 1. The molecule has 0 heterocycles. The molecule has 0 aromatic carbocycles. The van der Waals surface area contributed by atoms with Gasteiger partial charge in [0.05, 0.1) is 11.9 Å². The largest absolute Gasteiger partial charge is 0.329 e. The van der Waals surface area contributed by atoms with E-state index in [1.54, 1.807) is 0 Å². The summed E-state index contributed by atoms with van der Waals surface area (Å²) in [6.07, 6.45) is 0. The van der Waals surface area contributed by atoms with Crippen molar-refractivity contribution in [3.05, 3.63) is 0 Å². The maximum absolute atomic E-state index is 6.47. The first-order valence-corrected chi connectivity index (χ1v) is 2.22. The van der Waals surface area contributed by atoms with Crippen LogP contribution in [0.1, 0.15) is 0 Å². The molecule has 0 aliphatic heterocycles. The van der Waals surface area contributed by atoms with Gasteiger partial charge in [-0.2, -0.15) is 0 Å². The van der Waals surface area contributed by atoms with E-state index in [0.717, 1.165) is 0 Å². The lowest BCUT2D eigenvalue weighted by molar-refractivity contribution is 0.632. The lowest BCUT2D eigenvalue weighted by Crippen LogP contribution is -1.97. The summed E-state index contributed by atoms with van der Waals surface area (Å²) in [6, 6.07) is 0. The molecular weight excluding hydrogens is 125 g/mol. The van der Waals surface area contributed by atoms with Gasteiger partial charge in [-0.15, -0.1) is 11.6 Å². The van der Waals surface area contributed by atoms with E-state index >= 15 is 0 Å². The van der Waals surface area contributed by atoms with Gasteiger partial charge in [0, 0.05) is 12.4 Å². The van der Waals surface area contributed by atoms with Crippen molar-refractivity contribution in [1.82, 2.24) is 0 Å². The van der Waals surface area contributed by atoms with Gasteiger partial charge in [0.25, 0.3) is 0 Å². The Morgan fingerprint density at radius 3 is 1.67 bits per heavy atom. The molecule has 3 N–H and O–H groups in total. The van der Waals surface area contributed by atoms with Crippen molar-refractivity contribution in [3.63, 3.8) is 0 Å². The number of rotatable bonds is 1. The van der Waals surface area contributed by atoms with Crippen LogP contribution in [0.5, 0.6) is 0 Å². The summed E-state index contributed by atoms with van der Waals surface area (Å²) in [5.41, 5.74) is 4.90. The summed E-state index contributed by atoms with van der Waals surface area (Å²) in [4.78, 5) is 0. The van der Waals surface area contributed by atoms with Gasteiger partial charge in [-0.05, 0) is 0 Å². The third kappa shape index (κ3) is 24.5. The molecule has 2 nitrogen and oxygen atoms in total. The van der Waals surface area contributed by atoms with E-state index < -0.39 is 0 Å². The zero-order valence-corrected chi connectivity index (χ0v) is 4.71. The summed E-state index contributed by atoms with van der Waals surface area (Å²) >= 11 is 8.70. The van der Waals surface area contributed by atoms with E-state index in [1.807, 2.05) is 0 Å². The molecule has 0 bridgehead atoms. The Bertz CT molecular complexity index is 13.5. The molecule has 0 aromatic rings. The highest BCUT2D eigenvalue weighted by atomic mass is 35.5. The SMILES string of the molecule is NCCCl.OCl. The van der Waals surface area contributed by atoms with Crippen molar-refractivity contribution in [2.45, 2.75) is 0 Å². The van der Waals surface area contributed by atoms with Crippen LogP contribution in [0.2, 0.25) is 0 Å². The van der Waals surface area contributed by atoms with Crippen molar-refractivity contribution in [3.8, 4) is 0 Å². The van der Waals surface area contributed by atoms with Crippen LogP contribution in [-0.2, 0) is 0 Å². The summed E-state index contributed by atoms with van der Waals surface area (Å²) in [5, 5.41) is 0. The maximum Gasteiger partial charge on any atom is 0.0579 e. The summed E-state index contributed by atoms with van der Waals surface area (Å²) in [6.45, 7) is 0.585. The summed E-state index contributed by atoms with van der Waals surface area (Å²) < 4.78 is 6.47. The first kappa shape index (κ1) is 9.71. The smallest absolute Gasteiger partial charge is 0.0579 e. The van der Waals surface area contributed by atoms with Gasteiger partial charge in [0.2, 0.25) is 0 Å². The van der Waals surface area contributed by atoms with Crippen molar-refractivity contribution in [1.29, 1.82) is 0 Å². The molecule has 0 aliphatic carbocycles. The minimum atomic E-state index is 0.569. The predicted octanol–water partition coefficient (Wildman–Crippen LogP) is 0.316. The van der Waals surface area contributed by atoms with Gasteiger partial charge in [-0.3, -0.25) is 4.66 Å². The van der Waals surface area contributed by atoms with Gasteiger partial charge in [-0.1, -0.05) is 0 Å². The third-order valence-corrected chi connectivity index (χ3v) is 0.327. The van der Waals surface area contributed by atoms with Gasteiger partial charge < -0.3 is 5.73 Å². The van der Waals surface area contributed by atoms with E-state index in [-0.39, 0.29) is 0 Å². The fourth-order valence-electron chi connectivity index (χ4n) is 0. The molecule has 0 fully saturated rings. The third-order valence-electron chi connectivity index (χ3n) is 0.109. The lowest BCUT2D eigenvalue weighted by atomic mass is 10.8. The highest BCUT2D eigenvalue weighted by Crippen LogP contribution is 1.60. The Labute approximate surface area is 47.0 Å². The van der Waals surface area contributed by atoms with Crippen LogP contribution >= 0.6 is 23.5 Å². The van der Waals surface area contributed by atoms with E-state index in [9.17, 15) is 0 Å². The standard InChI is InChI=1S/C2H6ClN.ClHO/c3-1-2-4;1-2/h1-2,4H2;2H. The van der Waals surface area contributed by atoms with Gasteiger partial charge in [0.15, 0.2) is 0 Å². The van der Waals surface area contributed by atoms with Gasteiger partial charge >= 0.3 is 0 Å². The molecule has 0 unspecified atom stereocenters. The normalized spacial score (nSPS) is 6.00. The van der Waals surface area contributed by atoms with Crippen LogP contribution in [0, 0.1) is 0 Å². The van der Waals surface area contributed by atoms with Crippen molar-refractivity contribution >= 4 is 23.5 Å². The second-order valence-electron chi connectivity index (χ2n) is 0.478. The Kier molecular flexibility index (Phi) is 28.8. The Hall–Kier alpha value is 0.500. The van der Waals surface area contributed by atoms with Gasteiger partial charge in [-0.25, -0.2) is 0 Å². The zero-order chi connectivity index (χ0) is 5.41. The van der Waals surface area contributed by atoms with Crippen LogP contribution in [0.25, 0.3) is 0 Å². The van der Waals surface area contributed by atoms with Crippen LogP contribution in [0.15, 0.2) is 0 Å². The molecule has 4 heteroatoms. The maximum atomic E-state index is 6.47. The van der Waals surface area contributed by atoms with E-state index in [1.165, 1.54) is 0 Å². The Morgan fingerprint density at radius 1 is 1.50 bits per heavy atom. The number of hydrogen-bond donors (Lipinski definition) is 2. The van der Waals surface area contributed by atoms with Crippen LogP contribution in [-0.4, -0.2) is 17.1 Å². The minimum absolute atomic E-state index is 0.569. The predicted molar refractivity (Wildman–Crippen MR) is 27.8 cm³/mol. The molecule has 0 aliphatic rings. The Balaban J connectivity index is 0. The molecule has 6 heavy (non-hydrogen) atoms. The fraction of sp³-hybridized carbons (Fsp3) is 1.00. The van der Waals surface area contributed by atoms with E-state index in [0.29, 0.717) is 12.4 Å². The van der Waals surface area contributed by atoms with Gasteiger partial charge in [0.1, 0.15) is 0 Å². The lowest BCUT2D eigenvalue weighted by Gasteiger charge is -1.68. The van der Waals surface area contributed by atoms with Crippen molar-refractivity contribution < 1.29 is 4.66 Å². The molecule has 0 saturated carbocycles. The van der Waals surface area contributed by atoms with Crippen LogP contribution in [0.3, 0.4) is 0 Å². The topological polar surface area (TPSA) is 46.2 Å². The molecular formula is C2H7Cl2NO. The molecule has 0 aromatic heterocycles. The fourth-order valence-corrected chi connectivity index (χ4v) is 0. The van der Waals surface area contributed by atoms with Crippen molar-refractivity contribution in [2.24, 2.45) is 5.73 Å². The molecule has 40 valence electrons. The second-order valence-corrected chi connectivity index (χ2v) is 0.856. The average molecular weight is 132 g/mol. The summed E-state index contributed by atoms with van der Waals surface area (Å²) in [7, 11) is 0. The monoisotopic (exact) mass is 131 g/mol. The van der Waals surface area contributed by atoms with Crippen LogP contribution in [0.4, 0.5) is 0 Å². The molecule has 0 amide bonds. The molecule has 0 saturated heterocycles. The number of hydrogen-bond acceptors (Lipinski definition) is 2. The first-order valence-electron chi connectivity index (χ1n) is 1.34. The highest BCUT2D eigenvalue weighted by molar-refractivity contribution is 6.18. The summed E-state index contributed by atoms with van der Waals surface area (Å²) in [5.74, 6) is 0.569. The molecule has 0 rings (SSSR count). The second kappa shape index (κ2) is 17.8. The molecule has 0 atom stereocenters.